The van der Waals surface area contributed by atoms with Crippen LogP contribution in [0.3, 0.4) is 0 Å². The second-order valence-electron chi connectivity index (χ2n) is 5.19. The first-order chi connectivity index (χ1) is 9.85. The van der Waals surface area contributed by atoms with Gasteiger partial charge in [0.1, 0.15) is 0 Å². The molecule has 1 aliphatic heterocycles. The zero-order valence-electron chi connectivity index (χ0n) is 12.2. The molecule has 0 aromatic heterocycles. The third-order valence-electron chi connectivity index (χ3n) is 3.91. The summed E-state index contributed by atoms with van der Waals surface area (Å²) in [7, 11) is 0. The highest BCUT2D eigenvalue weighted by Crippen LogP contribution is 2.21. The van der Waals surface area contributed by atoms with Gasteiger partial charge >= 0.3 is 0 Å². The summed E-state index contributed by atoms with van der Waals surface area (Å²) in [4.78, 5) is 2.62. The standard InChI is InChI=1S/C17H24N2S/c1-3-11-20-12-10-19-14-17(18-13-16(19)4-2)15-8-6-5-7-9-15/h1,5-9,16-18H,4,10-14H2,2H3. The lowest BCUT2D eigenvalue weighted by molar-refractivity contribution is 0.135. The van der Waals surface area contributed by atoms with Crippen molar-refractivity contribution in [1.82, 2.24) is 10.2 Å². The normalized spacial score (nSPS) is 23.4. The molecule has 0 bridgehead atoms. The number of rotatable bonds is 6. The molecule has 1 saturated heterocycles. The molecule has 2 rings (SSSR count). The summed E-state index contributed by atoms with van der Waals surface area (Å²) < 4.78 is 0. The number of piperazine rings is 1. The van der Waals surface area contributed by atoms with Crippen LogP contribution < -0.4 is 5.32 Å². The molecule has 2 unspecified atom stereocenters. The van der Waals surface area contributed by atoms with Crippen molar-refractivity contribution in [1.29, 1.82) is 0 Å². The molecule has 0 spiro atoms. The minimum absolute atomic E-state index is 0.455. The van der Waals surface area contributed by atoms with E-state index < -0.39 is 0 Å². The lowest BCUT2D eigenvalue weighted by Crippen LogP contribution is -2.53. The molecule has 1 heterocycles. The molecule has 1 N–H and O–H groups in total. The summed E-state index contributed by atoms with van der Waals surface area (Å²) in [5.74, 6) is 4.65. The lowest BCUT2D eigenvalue weighted by Gasteiger charge is -2.40. The van der Waals surface area contributed by atoms with Crippen LogP contribution in [0.4, 0.5) is 0 Å². The van der Waals surface area contributed by atoms with Crippen LogP contribution in [0.25, 0.3) is 0 Å². The first-order valence-corrected chi connectivity index (χ1v) is 8.54. The SMILES string of the molecule is C#CCSCCN1CC(c2ccccc2)NCC1CC. The fourth-order valence-electron chi connectivity index (χ4n) is 2.75. The second-order valence-corrected chi connectivity index (χ2v) is 6.29. The first kappa shape index (κ1) is 15.4. The van der Waals surface area contributed by atoms with Crippen molar-refractivity contribution in [3.8, 4) is 12.3 Å². The Morgan fingerprint density at radius 2 is 2.20 bits per heavy atom. The van der Waals surface area contributed by atoms with Gasteiger partial charge < -0.3 is 5.32 Å². The van der Waals surface area contributed by atoms with E-state index in [2.05, 4.69) is 53.4 Å². The summed E-state index contributed by atoms with van der Waals surface area (Å²) in [6.07, 6.45) is 6.51. The predicted molar refractivity (Wildman–Crippen MR) is 89.0 cm³/mol. The van der Waals surface area contributed by atoms with Crippen LogP contribution in [-0.2, 0) is 0 Å². The lowest BCUT2D eigenvalue weighted by atomic mass is 10.0. The van der Waals surface area contributed by atoms with Gasteiger partial charge in [-0.05, 0) is 12.0 Å². The number of hydrogen-bond donors (Lipinski definition) is 1. The van der Waals surface area contributed by atoms with E-state index in [1.165, 1.54) is 12.0 Å². The molecule has 0 radical (unpaired) electrons. The molecule has 1 aromatic rings. The molecular weight excluding hydrogens is 264 g/mol. The number of nitrogens with one attached hydrogen (secondary N) is 1. The summed E-state index contributed by atoms with van der Waals surface area (Å²) in [5, 5.41) is 3.69. The quantitative estimate of drug-likeness (QED) is 0.640. The maximum Gasteiger partial charge on any atom is 0.0545 e. The summed E-state index contributed by atoms with van der Waals surface area (Å²) in [6, 6.07) is 11.9. The largest absolute Gasteiger partial charge is 0.307 e. The Balaban J connectivity index is 1.91. The zero-order chi connectivity index (χ0) is 14.2. The van der Waals surface area contributed by atoms with Crippen LogP contribution in [0.1, 0.15) is 24.9 Å². The Morgan fingerprint density at radius 3 is 2.90 bits per heavy atom. The number of thioether (sulfide) groups is 1. The number of hydrogen-bond acceptors (Lipinski definition) is 3. The molecule has 3 heteroatoms. The van der Waals surface area contributed by atoms with Crippen molar-refractivity contribution in [3.63, 3.8) is 0 Å². The molecule has 0 saturated carbocycles. The first-order valence-electron chi connectivity index (χ1n) is 7.38. The summed E-state index contributed by atoms with van der Waals surface area (Å²) in [6.45, 7) is 5.58. The van der Waals surface area contributed by atoms with Crippen molar-refractivity contribution < 1.29 is 0 Å². The Hall–Kier alpha value is -0.950. The Kier molecular flexibility index (Phi) is 6.46. The third kappa shape index (κ3) is 4.28. The molecule has 1 aliphatic rings. The molecule has 1 fully saturated rings. The predicted octanol–water partition coefficient (Wildman–Crippen LogP) is 2.78. The zero-order valence-corrected chi connectivity index (χ0v) is 13.0. The van der Waals surface area contributed by atoms with Gasteiger partial charge in [-0.15, -0.1) is 18.2 Å². The average Bonchev–Trinajstić information content (AvgIpc) is 2.52. The van der Waals surface area contributed by atoms with E-state index in [1.807, 2.05) is 11.8 Å². The van der Waals surface area contributed by atoms with Crippen molar-refractivity contribution in [2.45, 2.75) is 25.4 Å². The van der Waals surface area contributed by atoms with E-state index >= 15 is 0 Å². The van der Waals surface area contributed by atoms with Crippen molar-refractivity contribution >= 4 is 11.8 Å². The van der Waals surface area contributed by atoms with Crippen molar-refractivity contribution in [3.05, 3.63) is 35.9 Å². The van der Waals surface area contributed by atoms with E-state index in [0.29, 0.717) is 12.1 Å². The van der Waals surface area contributed by atoms with Crippen LogP contribution in [0.15, 0.2) is 30.3 Å². The minimum Gasteiger partial charge on any atom is -0.307 e. The smallest absolute Gasteiger partial charge is 0.0545 e. The van der Waals surface area contributed by atoms with Crippen LogP contribution in [-0.4, -0.2) is 42.1 Å². The van der Waals surface area contributed by atoms with Gasteiger partial charge in [0.25, 0.3) is 0 Å². The fraction of sp³-hybridized carbons (Fsp3) is 0.529. The minimum atomic E-state index is 0.455. The Labute approximate surface area is 127 Å². The third-order valence-corrected chi connectivity index (χ3v) is 4.76. The molecule has 20 heavy (non-hydrogen) atoms. The Bertz CT molecular complexity index is 426. The van der Waals surface area contributed by atoms with E-state index in [1.54, 1.807) is 0 Å². The van der Waals surface area contributed by atoms with E-state index in [0.717, 1.165) is 31.1 Å². The van der Waals surface area contributed by atoms with Crippen molar-refractivity contribution in [2.75, 3.05) is 31.1 Å². The number of benzene rings is 1. The van der Waals surface area contributed by atoms with Gasteiger partial charge in [-0.3, -0.25) is 4.90 Å². The molecule has 0 amide bonds. The van der Waals surface area contributed by atoms with Gasteiger partial charge in [-0.25, -0.2) is 0 Å². The van der Waals surface area contributed by atoms with Gasteiger partial charge in [0.15, 0.2) is 0 Å². The monoisotopic (exact) mass is 288 g/mol. The van der Waals surface area contributed by atoms with Gasteiger partial charge in [0.05, 0.1) is 5.75 Å². The van der Waals surface area contributed by atoms with Crippen LogP contribution >= 0.6 is 11.8 Å². The maximum absolute atomic E-state index is 5.30. The van der Waals surface area contributed by atoms with E-state index in [-0.39, 0.29) is 0 Å². The maximum atomic E-state index is 5.30. The van der Waals surface area contributed by atoms with Gasteiger partial charge in [0.2, 0.25) is 0 Å². The van der Waals surface area contributed by atoms with Crippen molar-refractivity contribution in [2.24, 2.45) is 0 Å². The fourth-order valence-corrected chi connectivity index (χ4v) is 3.38. The highest BCUT2D eigenvalue weighted by molar-refractivity contribution is 7.99. The highest BCUT2D eigenvalue weighted by atomic mass is 32.2. The van der Waals surface area contributed by atoms with Gasteiger partial charge in [-0.1, -0.05) is 43.2 Å². The highest BCUT2D eigenvalue weighted by Gasteiger charge is 2.26. The van der Waals surface area contributed by atoms with Gasteiger partial charge in [0, 0.05) is 37.5 Å². The molecular formula is C17H24N2S. The summed E-state index contributed by atoms with van der Waals surface area (Å²) in [5.41, 5.74) is 1.39. The van der Waals surface area contributed by atoms with Gasteiger partial charge in [-0.2, -0.15) is 0 Å². The number of nitrogens with zero attached hydrogens (tertiary/aromatic N) is 1. The topological polar surface area (TPSA) is 15.3 Å². The molecule has 108 valence electrons. The summed E-state index contributed by atoms with van der Waals surface area (Å²) >= 11 is 1.86. The average molecular weight is 288 g/mol. The Morgan fingerprint density at radius 1 is 1.40 bits per heavy atom. The van der Waals surface area contributed by atoms with E-state index in [4.69, 9.17) is 6.42 Å². The van der Waals surface area contributed by atoms with Crippen LogP contribution in [0.2, 0.25) is 0 Å². The molecule has 2 nitrogen and oxygen atoms in total. The van der Waals surface area contributed by atoms with Crippen LogP contribution in [0, 0.1) is 12.3 Å². The second kappa shape index (κ2) is 8.36. The molecule has 2 atom stereocenters. The van der Waals surface area contributed by atoms with Crippen LogP contribution in [0.5, 0.6) is 0 Å². The number of terminal acetylenes is 1. The molecule has 1 aromatic carbocycles. The molecule has 0 aliphatic carbocycles. The van der Waals surface area contributed by atoms with E-state index in [9.17, 15) is 0 Å².